The number of benzene rings is 1. The van der Waals surface area contributed by atoms with Gasteiger partial charge in [0.05, 0.1) is 6.04 Å². The molecule has 1 heterocycles. The van der Waals surface area contributed by atoms with E-state index in [4.69, 9.17) is 0 Å². The van der Waals surface area contributed by atoms with E-state index in [9.17, 15) is 0 Å². The molecule has 2 heteroatoms. The largest absolute Gasteiger partial charge is 0.314 e. The lowest BCUT2D eigenvalue weighted by molar-refractivity contribution is 0.198. The molecule has 1 N–H and O–H groups in total. The summed E-state index contributed by atoms with van der Waals surface area (Å²) in [6, 6.07) is 11.2. The molecule has 2 rings (SSSR count). The minimum atomic E-state index is 0.379. The SMILES string of the molecule is C/C=C\C(=C/C)C(c1ccccc1)N1CCNCC1. The lowest BCUT2D eigenvalue weighted by Crippen LogP contribution is -2.45. The molecule has 0 saturated carbocycles. The summed E-state index contributed by atoms with van der Waals surface area (Å²) < 4.78 is 0. The normalized spacial score (nSPS) is 19.8. The minimum absolute atomic E-state index is 0.379. The van der Waals surface area contributed by atoms with Gasteiger partial charge in [0.15, 0.2) is 0 Å². The molecule has 1 atom stereocenters. The van der Waals surface area contributed by atoms with Crippen LogP contribution in [0.4, 0.5) is 0 Å². The summed E-state index contributed by atoms with van der Waals surface area (Å²) in [5, 5.41) is 3.43. The maximum Gasteiger partial charge on any atom is 0.0599 e. The third kappa shape index (κ3) is 3.55. The number of hydrogen-bond donors (Lipinski definition) is 1. The van der Waals surface area contributed by atoms with E-state index in [1.54, 1.807) is 0 Å². The first-order valence-electron chi connectivity index (χ1n) is 7.15. The number of nitrogens with zero attached hydrogens (tertiary/aromatic N) is 1. The molecule has 1 saturated heterocycles. The van der Waals surface area contributed by atoms with Gasteiger partial charge in [0.2, 0.25) is 0 Å². The topological polar surface area (TPSA) is 15.3 Å². The highest BCUT2D eigenvalue weighted by atomic mass is 15.2. The summed E-state index contributed by atoms with van der Waals surface area (Å²) in [6.45, 7) is 8.59. The fourth-order valence-electron chi connectivity index (χ4n) is 2.73. The molecule has 19 heavy (non-hydrogen) atoms. The van der Waals surface area contributed by atoms with Crippen LogP contribution in [0.2, 0.25) is 0 Å². The van der Waals surface area contributed by atoms with Crippen LogP contribution in [-0.2, 0) is 0 Å². The zero-order valence-electron chi connectivity index (χ0n) is 12.0. The van der Waals surface area contributed by atoms with E-state index >= 15 is 0 Å². The molecule has 0 bridgehead atoms. The smallest absolute Gasteiger partial charge is 0.0599 e. The van der Waals surface area contributed by atoms with Gasteiger partial charge < -0.3 is 5.32 Å². The number of rotatable bonds is 4. The Labute approximate surface area is 116 Å². The fourth-order valence-corrected chi connectivity index (χ4v) is 2.73. The van der Waals surface area contributed by atoms with Gasteiger partial charge in [-0.1, -0.05) is 48.6 Å². The van der Waals surface area contributed by atoms with Crippen LogP contribution in [0.1, 0.15) is 25.5 Å². The quantitative estimate of drug-likeness (QED) is 0.833. The van der Waals surface area contributed by atoms with Crippen LogP contribution in [-0.4, -0.2) is 31.1 Å². The van der Waals surface area contributed by atoms with E-state index in [0.29, 0.717) is 6.04 Å². The summed E-state index contributed by atoms with van der Waals surface area (Å²) in [5.74, 6) is 0. The maximum atomic E-state index is 3.43. The van der Waals surface area contributed by atoms with Crippen molar-refractivity contribution in [1.29, 1.82) is 0 Å². The van der Waals surface area contributed by atoms with Crippen LogP contribution in [0.3, 0.4) is 0 Å². The van der Waals surface area contributed by atoms with Crippen LogP contribution in [0.15, 0.2) is 54.1 Å². The maximum absolute atomic E-state index is 3.43. The van der Waals surface area contributed by atoms with Crippen LogP contribution in [0, 0.1) is 0 Å². The van der Waals surface area contributed by atoms with E-state index in [1.807, 2.05) is 0 Å². The minimum Gasteiger partial charge on any atom is -0.314 e. The summed E-state index contributed by atoms with van der Waals surface area (Å²) in [5.41, 5.74) is 2.77. The Morgan fingerprint density at radius 2 is 1.84 bits per heavy atom. The summed E-state index contributed by atoms with van der Waals surface area (Å²) in [4.78, 5) is 2.57. The van der Waals surface area contributed by atoms with Crippen LogP contribution >= 0.6 is 0 Å². The number of nitrogens with one attached hydrogen (secondary N) is 1. The lowest BCUT2D eigenvalue weighted by atomic mass is 9.95. The third-order valence-electron chi connectivity index (χ3n) is 3.64. The Hall–Kier alpha value is -1.38. The van der Waals surface area contributed by atoms with Crippen molar-refractivity contribution in [3.05, 3.63) is 59.7 Å². The second-order valence-corrected chi connectivity index (χ2v) is 4.89. The number of allylic oxidation sites excluding steroid dienone is 2. The van der Waals surface area contributed by atoms with Crippen molar-refractivity contribution in [1.82, 2.24) is 10.2 Å². The Morgan fingerprint density at radius 1 is 1.16 bits per heavy atom. The molecule has 1 aromatic rings. The number of piperazine rings is 1. The van der Waals surface area contributed by atoms with Crippen molar-refractivity contribution in [3.8, 4) is 0 Å². The Morgan fingerprint density at radius 3 is 2.42 bits per heavy atom. The van der Waals surface area contributed by atoms with Crippen molar-refractivity contribution in [2.24, 2.45) is 0 Å². The van der Waals surface area contributed by atoms with Gasteiger partial charge in [-0.25, -0.2) is 0 Å². The first-order valence-corrected chi connectivity index (χ1v) is 7.15. The summed E-state index contributed by atoms with van der Waals surface area (Å²) in [6.07, 6.45) is 6.60. The average molecular weight is 256 g/mol. The van der Waals surface area contributed by atoms with Gasteiger partial charge >= 0.3 is 0 Å². The second kappa shape index (κ2) is 7.27. The van der Waals surface area contributed by atoms with Gasteiger partial charge in [-0.15, -0.1) is 0 Å². The first-order chi connectivity index (χ1) is 9.36. The monoisotopic (exact) mass is 256 g/mol. The molecule has 1 aromatic carbocycles. The van der Waals surface area contributed by atoms with Gasteiger partial charge in [0, 0.05) is 26.2 Å². The van der Waals surface area contributed by atoms with Crippen molar-refractivity contribution < 1.29 is 0 Å². The molecule has 0 spiro atoms. The predicted octanol–water partition coefficient (Wildman–Crippen LogP) is 3.16. The molecule has 0 radical (unpaired) electrons. The average Bonchev–Trinajstić information content (AvgIpc) is 2.49. The standard InChI is InChI=1S/C17H24N2/c1-3-8-15(4-2)17(16-9-6-5-7-10-16)19-13-11-18-12-14-19/h3-10,17-18H,11-14H2,1-2H3/b8-3-,15-4+. The highest BCUT2D eigenvalue weighted by Gasteiger charge is 2.23. The molecule has 0 aromatic heterocycles. The molecule has 1 unspecified atom stereocenters. The third-order valence-corrected chi connectivity index (χ3v) is 3.64. The zero-order valence-corrected chi connectivity index (χ0v) is 12.0. The van der Waals surface area contributed by atoms with Crippen LogP contribution < -0.4 is 5.32 Å². The predicted molar refractivity (Wildman–Crippen MR) is 82.2 cm³/mol. The van der Waals surface area contributed by atoms with E-state index in [2.05, 4.69) is 72.6 Å². The van der Waals surface area contributed by atoms with Gasteiger partial charge in [-0.3, -0.25) is 4.90 Å². The van der Waals surface area contributed by atoms with Crippen molar-refractivity contribution in [2.75, 3.05) is 26.2 Å². The number of hydrogen-bond acceptors (Lipinski definition) is 2. The van der Waals surface area contributed by atoms with Crippen molar-refractivity contribution in [2.45, 2.75) is 19.9 Å². The van der Waals surface area contributed by atoms with Gasteiger partial charge in [0.25, 0.3) is 0 Å². The van der Waals surface area contributed by atoms with E-state index in [1.165, 1.54) is 11.1 Å². The lowest BCUT2D eigenvalue weighted by Gasteiger charge is -2.36. The zero-order chi connectivity index (χ0) is 13.5. The van der Waals surface area contributed by atoms with Gasteiger partial charge in [-0.2, -0.15) is 0 Å². The van der Waals surface area contributed by atoms with E-state index in [-0.39, 0.29) is 0 Å². The molecule has 1 aliphatic heterocycles. The molecule has 0 amide bonds. The molecule has 1 fully saturated rings. The Balaban J connectivity index is 2.32. The fraction of sp³-hybridized carbons (Fsp3) is 0.412. The highest BCUT2D eigenvalue weighted by Crippen LogP contribution is 2.29. The van der Waals surface area contributed by atoms with Crippen molar-refractivity contribution >= 4 is 0 Å². The van der Waals surface area contributed by atoms with E-state index < -0.39 is 0 Å². The first kappa shape index (κ1) is 14.0. The molecule has 2 nitrogen and oxygen atoms in total. The van der Waals surface area contributed by atoms with Crippen LogP contribution in [0.25, 0.3) is 0 Å². The Kier molecular flexibility index (Phi) is 5.37. The second-order valence-electron chi connectivity index (χ2n) is 4.89. The molecule has 1 aliphatic rings. The molecular formula is C17H24N2. The van der Waals surface area contributed by atoms with E-state index in [0.717, 1.165) is 26.2 Å². The molecular weight excluding hydrogens is 232 g/mol. The highest BCUT2D eigenvalue weighted by molar-refractivity contribution is 5.34. The summed E-state index contributed by atoms with van der Waals surface area (Å²) in [7, 11) is 0. The molecule has 102 valence electrons. The van der Waals surface area contributed by atoms with Crippen LogP contribution in [0.5, 0.6) is 0 Å². The summed E-state index contributed by atoms with van der Waals surface area (Å²) >= 11 is 0. The Bertz CT molecular complexity index is 428. The van der Waals surface area contributed by atoms with Gasteiger partial charge in [0.1, 0.15) is 0 Å². The molecule has 0 aliphatic carbocycles. The van der Waals surface area contributed by atoms with Crippen molar-refractivity contribution in [3.63, 3.8) is 0 Å². The van der Waals surface area contributed by atoms with Gasteiger partial charge in [-0.05, 0) is 25.0 Å².